The summed E-state index contributed by atoms with van der Waals surface area (Å²) < 4.78 is 0. The van der Waals surface area contributed by atoms with Crippen molar-refractivity contribution >= 4 is 5.95 Å². The molecule has 3 rings (SSSR count). The van der Waals surface area contributed by atoms with Crippen molar-refractivity contribution in [2.24, 2.45) is 5.92 Å². The second kappa shape index (κ2) is 7.07. The molecule has 1 aromatic heterocycles. The predicted molar refractivity (Wildman–Crippen MR) is 81.0 cm³/mol. The molecule has 0 spiro atoms. The maximum atomic E-state index is 4.69. The van der Waals surface area contributed by atoms with Gasteiger partial charge in [-0.2, -0.15) is 4.98 Å². The Morgan fingerprint density at radius 1 is 1.05 bits per heavy atom. The van der Waals surface area contributed by atoms with Crippen molar-refractivity contribution in [3.63, 3.8) is 0 Å². The minimum Gasteiger partial charge on any atom is -0.338 e. The summed E-state index contributed by atoms with van der Waals surface area (Å²) >= 11 is 0. The molecule has 1 saturated heterocycles. The van der Waals surface area contributed by atoms with E-state index in [4.69, 9.17) is 4.98 Å². The van der Waals surface area contributed by atoms with Gasteiger partial charge in [0.1, 0.15) is 5.82 Å². The van der Waals surface area contributed by atoms with Gasteiger partial charge in [0.05, 0.1) is 0 Å². The van der Waals surface area contributed by atoms with Crippen molar-refractivity contribution in [2.45, 2.75) is 51.4 Å². The van der Waals surface area contributed by atoms with E-state index in [2.05, 4.69) is 20.4 Å². The summed E-state index contributed by atoms with van der Waals surface area (Å²) in [6.07, 6.45) is 10.6. The Bertz CT molecular complexity index is 389. The molecule has 20 heavy (non-hydrogen) atoms. The molecule has 2 fully saturated rings. The van der Waals surface area contributed by atoms with Crippen LogP contribution in [0.3, 0.4) is 0 Å². The average molecular weight is 277 g/mol. The summed E-state index contributed by atoms with van der Waals surface area (Å²) in [5, 5.41) is 11.0. The van der Waals surface area contributed by atoms with E-state index in [9.17, 15) is 0 Å². The van der Waals surface area contributed by atoms with Gasteiger partial charge < -0.3 is 10.2 Å². The number of hydrogen-bond acceptors (Lipinski definition) is 4. The van der Waals surface area contributed by atoms with Crippen molar-refractivity contribution < 1.29 is 0 Å². The van der Waals surface area contributed by atoms with Gasteiger partial charge in [0, 0.05) is 26.1 Å². The summed E-state index contributed by atoms with van der Waals surface area (Å²) in [7, 11) is 0. The molecule has 5 heteroatoms. The van der Waals surface area contributed by atoms with Crippen molar-refractivity contribution in [3.05, 3.63) is 5.82 Å². The normalized spacial score (nSPS) is 21.9. The van der Waals surface area contributed by atoms with Gasteiger partial charge in [-0.1, -0.05) is 32.1 Å². The van der Waals surface area contributed by atoms with Crippen LogP contribution in [0.15, 0.2) is 0 Å². The molecule has 1 aliphatic carbocycles. The molecule has 1 saturated carbocycles. The number of hydrogen-bond donors (Lipinski definition) is 2. The van der Waals surface area contributed by atoms with E-state index in [0.717, 1.165) is 50.3 Å². The van der Waals surface area contributed by atoms with Crippen LogP contribution in [0.25, 0.3) is 0 Å². The van der Waals surface area contributed by atoms with Crippen molar-refractivity contribution in [1.29, 1.82) is 0 Å². The largest absolute Gasteiger partial charge is 0.338 e. The first kappa shape index (κ1) is 13.9. The molecule has 0 bridgehead atoms. The van der Waals surface area contributed by atoms with E-state index in [1.807, 2.05) is 0 Å². The number of nitrogens with zero attached hydrogens (tertiary/aromatic N) is 3. The number of nitrogens with one attached hydrogen (secondary N) is 2. The predicted octanol–water partition coefficient (Wildman–Crippen LogP) is 2.12. The van der Waals surface area contributed by atoms with E-state index in [1.54, 1.807) is 0 Å². The molecule has 0 aromatic carbocycles. The summed E-state index contributed by atoms with van der Waals surface area (Å²) in [5.41, 5.74) is 0. The fourth-order valence-electron chi connectivity index (χ4n) is 3.40. The fraction of sp³-hybridized carbons (Fsp3) is 0.867. The Hall–Kier alpha value is -1.10. The number of anilines is 1. The Kier molecular flexibility index (Phi) is 4.90. The molecular formula is C15H27N5. The van der Waals surface area contributed by atoms with Crippen LogP contribution in [0.5, 0.6) is 0 Å². The Labute approximate surface area is 121 Å². The Morgan fingerprint density at radius 2 is 1.95 bits per heavy atom. The summed E-state index contributed by atoms with van der Waals surface area (Å²) in [5.74, 6) is 2.88. The Balaban J connectivity index is 1.50. The lowest BCUT2D eigenvalue weighted by molar-refractivity contribution is 0.337. The number of aromatic amines is 1. The van der Waals surface area contributed by atoms with Gasteiger partial charge in [0.25, 0.3) is 0 Å². The van der Waals surface area contributed by atoms with Crippen LogP contribution < -0.4 is 10.2 Å². The molecule has 5 nitrogen and oxygen atoms in total. The van der Waals surface area contributed by atoms with Crippen LogP contribution >= 0.6 is 0 Å². The van der Waals surface area contributed by atoms with Crippen LogP contribution in [0.4, 0.5) is 5.95 Å². The Morgan fingerprint density at radius 3 is 2.85 bits per heavy atom. The second-order valence-corrected chi connectivity index (χ2v) is 6.22. The molecule has 0 atom stereocenters. The van der Waals surface area contributed by atoms with E-state index >= 15 is 0 Å². The average Bonchev–Trinajstić information content (AvgIpc) is 2.80. The van der Waals surface area contributed by atoms with E-state index in [-0.39, 0.29) is 0 Å². The van der Waals surface area contributed by atoms with Crippen LogP contribution in [-0.4, -0.2) is 41.4 Å². The van der Waals surface area contributed by atoms with Crippen LogP contribution in [0.2, 0.25) is 0 Å². The van der Waals surface area contributed by atoms with Gasteiger partial charge in [-0.15, -0.1) is 5.10 Å². The smallest absolute Gasteiger partial charge is 0.244 e. The van der Waals surface area contributed by atoms with E-state index in [0.29, 0.717) is 0 Å². The molecule has 0 amide bonds. The molecule has 1 aliphatic heterocycles. The molecule has 0 radical (unpaired) electrons. The molecule has 2 aliphatic rings. The highest BCUT2D eigenvalue weighted by Crippen LogP contribution is 2.27. The molecule has 0 unspecified atom stereocenters. The number of H-pyrrole nitrogens is 1. The molecular weight excluding hydrogens is 250 g/mol. The maximum absolute atomic E-state index is 4.69. The molecule has 112 valence electrons. The van der Waals surface area contributed by atoms with Crippen molar-refractivity contribution in [2.75, 3.05) is 31.1 Å². The second-order valence-electron chi connectivity index (χ2n) is 6.22. The molecule has 2 N–H and O–H groups in total. The monoisotopic (exact) mass is 277 g/mol. The van der Waals surface area contributed by atoms with Crippen LogP contribution in [0.1, 0.15) is 50.8 Å². The lowest BCUT2D eigenvalue weighted by atomic mass is 9.86. The first-order chi connectivity index (χ1) is 9.92. The lowest BCUT2D eigenvalue weighted by Gasteiger charge is -2.20. The highest BCUT2D eigenvalue weighted by molar-refractivity contribution is 5.28. The van der Waals surface area contributed by atoms with Gasteiger partial charge in [0.2, 0.25) is 5.95 Å². The van der Waals surface area contributed by atoms with E-state index in [1.165, 1.54) is 44.9 Å². The third-order valence-corrected chi connectivity index (χ3v) is 4.66. The SMILES string of the molecule is C1CCC(CCc2nc(N3CCCNCC3)n[nH]2)CC1. The summed E-state index contributed by atoms with van der Waals surface area (Å²) in [6, 6.07) is 0. The third kappa shape index (κ3) is 3.72. The number of aromatic nitrogens is 3. The maximum Gasteiger partial charge on any atom is 0.244 e. The fourth-order valence-corrected chi connectivity index (χ4v) is 3.40. The standard InChI is InChI=1S/C15H27N5/c1-2-5-13(6-3-1)7-8-14-17-15(19-18-14)20-11-4-9-16-10-12-20/h13,16H,1-12H2,(H,17,18,19). The lowest BCUT2D eigenvalue weighted by Crippen LogP contribution is -2.28. The minimum absolute atomic E-state index is 0.896. The zero-order chi connectivity index (χ0) is 13.6. The first-order valence-corrected chi connectivity index (χ1v) is 8.29. The molecule has 2 heterocycles. The topological polar surface area (TPSA) is 56.8 Å². The minimum atomic E-state index is 0.896. The van der Waals surface area contributed by atoms with Gasteiger partial charge in [-0.25, -0.2) is 0 Å². The summed E-state index contributed by atoms with van der Waals surface area (Å²) in [4.78, 5) is 6.98. The van der Waals surface area contributed by atoms with Crippen LogP contribution in [-0.2, 0) is 6.42 Å². The van der Waals surface area contributed by atoms with Gasteiger partial charge in [-0.3, -0.25) is 5.10 Å². The zero-order valence-corrected chi connectivity index (χ0v) is 12.4. The van der Waals surface area contributed by atoms with E-state index < -0.39 is 0 Å². The molecule has 1 aromatic rings. The van der Waals surface area contributed by atoms with Crippen molar-refractivity contribution in [1.82, 2.24) is 20.5 Å². The zero-order valence-electron chi connectivity index (χ0n) is 12.4. The highest BCUT2D eigenvalue weighted by Gasteiger charge is 2.16. The van der Waals surface area contributed by atoms with Gasteiger partial charge in [-0.05, 0) is 25.3 Å². The number of aryl methyl sites for hydroxylation is 1. The summed E-state index contributed by atoms with van der Waals surface area (Å²) in [6.45, 7) is 4.22. The third-order valence-electron chi connectivity index (χ3n) is 4.66. The quantitative estimate of drug-likeness (QED) is 0.885. The highest BCUT2D eigenvalue weighted by atomic mass is 15.4. The van der Waals surface area contributed by atoms with Crippen molar-refractivity contribution in [3.8, 4) is 0 Å². The number of rotatable bonds is 4. The van der Waals surface area contributed by atoms with Crippen LogP contribution in [0, 0.1) is 5.92 Å². The van der Waals surface area contributed by atoms with Gasteiger partial charge >= 0.3 is 0 Å². The van der Waals surface area contributed by atoms with Gasteiger partial charge in [0.15, 0.2) is 0 Å². The first-order valence-electron chi connectivity index (χ1n) is 8.29.